The van der Waals surface area contributed by atoms with E-state index in [-0.39, 0.29) is 5.43 Å². The number of benzene rings is 2. The smallest absolute Gasteiger partial charge is 0.200 e. The summed E-state index contributed by atoms with van der Waals surface area (Å²) in [6.07, 6.45) is 0. The zero-order valence-electron chi connectivity index (χ0n) is 12.0. The topological polar surface area (TPSA) is 48.7 Å². The van der Waals surface area contributed by atoms with Gasteiger partial charge in [-0.3, -0.25) is 4.79 Å². The minimum Gasteiger partial charge on any atom is -0.455 e. The molecule has 3 rings (SSSR count). The fraction of sp³-hybridized carbons (Fsp3) is 0.235. The molecule has 0 aliphatic heterocycles. The number of rotatable bonds is 4. The lowest BCUT2D eigenvalue weighted by molar-refractivity contribution is 0.168. The predicted molar refractivity (Wildman–Crippen MR) is 81.4 cm³/mol. The molecule has 21 heavy (non-hydrogen) atoms. The Kier molecular flexibility index (Phi) is 3.73. The number of para-hydroxylation sites is 1. The van der Waals surface area contributed by atoms with Gasteiger partial charge in [0.1, 0.15) is 11.2 Å². The Labute approximate surface area is 121 Å². The highest BCUT2D eigenvalue weighted by atomic mass is 16.5. The van der Waals surface area contributed by atoms with Gasteiger partial charge < -0.3 is 13.9 Å². The summed E-state index contributed by atoms with van der Waals surface area (Å²) in [6.45, 7) is 0.822. The second-order valence-corrected chi connectivity index (χ2v) is 4.87. The number of fused-ring (bicyclic) bond motifs is 2. The first-order chi connectivity index (χ1) is 10.3. The first kappa shape index (κ1) is 13.8. The van der Waals surface area contributed by atoms with Crippen LogP contribution in [-0.4, -0.2) is 14.2 Å². The Morgan fingerprint density at radius 2 is 1.71 bits per heavy atom. The third-order valence-corrected chi connectivity index (χ3v) is 3.53. The first-order valence-corrected chi connectivity index (χ1v) is 6.70. The highest BCUT2D eigenvalue weighted by Crippen LogP contribution is 2.25. The van der Waals surface area contributed by atoms with Gasteiger partial charge in [0.05, 0.1) is 24.0 Å². The summed E-state index contributed by atoms with van der Waals surface area (Å²) < 4.78 is 16.4. The quantitative estimate of drug-likeness (QED) is 0.690. The molecule has 0 radical (unpaired) electrons. The van der Waals surface area contributed by atoms with E-state index in [0.717, 1.165) is 11.1 Å². The summed E-state index contributed by atoms with van der Waals surface area (Å²) in [4.78, 5) is 12.6. The second kappa shape index (κ2) is 5.68. The largest absolute Gasteiger partial charge is 0.455 e. The van der Waals surface area contributed by atoms with E-state index >= 15 is 0 Å². The molecule has 4 nitrogen and oxygen atoms in total. The van der Waals surface area contributed by atoms with Crippen molar-refractivity contribution in [1.29, 1.82) is 0 Å². The average Bonchev–Trinajstić information content (AvgIpc) is 2.50. The summed E-state index contributed by atoms with van der Waals surface area (Å²) in [5.41, 5.74) is 2.97. The molecule has 1 heterocycles. The van der Waals surface area contributed by atoms with Crippen molar-refractivity contribution in [2.24, 2.45) is 0 Å². The van der Waals surface area contributed by atoms with Crippen molar-refractivity contribution in [3.05, 3.63) is 57.7 Å². The minimum atomic E-state index is -0.0202. The normalized spacial score (nSPS) is 11.3. The molecule has 0 aliphatic rings. The summed E-state index contributed by atoms with van der Waals surface area (Å²) in [5, 5.41) is 1.16. The Hall–Kier alpha value is -2.17. The first-order valence-electron chi connectivity index (χ1n) is 6.70. The lowest BCUT2D eigenvalue weighted by Gasteiger charge is -2.11. The van der Waals surface area contributed by atoms with E-state index in [4.69, 9.17) is 13.9 Å². The molecular weight excluding hydrogens is 268 g/mol. The van der Waals surface area contributed by atoms with Crippen molar-refractivity contribution in [2.45, 2.75) is 13.2 Å². The molecule has 0 N–H and O–H groups in total. The third-order valence-electron chi connectivity index (χ3n) is 3.53. The molecule has 1 aromatic heterocycles. The molecule has 3 aromatic rings. The highest BCUT2D eigenvalue weighted by Gasteiger charge is 2.14. The number of ether oxygens (including phenoxy) is 2. The fourth-order valence-electron chi connectivity index (χ4n) is 2.56. The highest BCUT2D eigenvalue weighted by molar-refractivity contribution is 5.91. The van der Waals surface area contributed by atoms with Crippen LogP contribution in [0.3, 0.4) is 0 Å². The Balaban J connectivity index is 2.41. The van der Waals surface area contributed by atoms with Crippen LogP contribution in [-0.2, 0) is 22.7 Å². The van der Waals surface area contributed by atoms with Gasteiger partial charge in [0.25, 0.3) is 0 Å². The van der Waals surface area contributed by atoms with Crippen LogP contribution in [0.15, 0.2) is 45.6 Å². The van der Waals surface area contributed by atoms with Gasteiger partial charge in [0.2, 0.25) is 5.43 Å². The van der Waals surface area contributed by atoms with E-state index in [1.807, 2.05) is 18.2 Å². The summed E-state index contributed by atoms with van der Waals surface area (Å²) in [7, 11) is 3.26. The van der Waals surface area contributed by atoms with E-state index in [0.29, 0.717) is 35.2 Å². The molecule has 108 valence electrons. The SMILES string of the molecule is COCc1ccc2c(=O)c3ccccc3oc2c1COC. The van der Waals surface area contributed by atoms with E-state index < -0.39 is 0 Å². The molecule has 0 aliphatic carbocycles. The standard InChI is InChI=1S/C17H16O4/c1-19-9-11-7-8-13-16(18)12-5-3-4-6-15(12)21-17(13)14(11)10-20-2/h3-8H,9-10H2,1-2H3. The van der Waals surface area contributed by atoms with Crippen LogP contribution in [0.4, 0.5) is 0 Å². The molecule has 4 heteroatoms. The van der Waals surface area contributed by atoms with Gasteiger partial charge in [0, 0.05) is 19.8 Å². The molecule has 0 bridgehead atoms. The molecule has 0 fully saturated rings. The van der Waals surface area contributed by atoms with Gasteiger partial charge in [-0.1, -0.05) is 18.2 Å². The van der Waals surface area contributed by atoms with Crippen LogP contribution in [0.2, 0.25) is 0 Å². The van der Waals surface area contributed by atoms with E-state index in [2.05, 4.69) is 0 Å². The minimum absolute atomic E-state index is 0.0202. The fourth-order valence-corrected chi connectivity index (χ4v) is 2.56. The summed E-state index contributed by atoms with van der Waals surface area (Å²) in [5.74, 6) is 0. The summed E-state index contributed by atoms with van der Waals surface area (Å²) in [6, 6.07) is 11.0. The van der Waals surface area contributed by atoms with Crippen molar-refractivity contribution in [2.75, 3.05) is 14.2 Å². The van der Waals surface area contributed by atoms with E-state index in [1.165, 1.54) is 0 Å². The van der Waals surface area contributed by atoms with Crippen LogP contribution >= 0.6 is 0 Å². The van der Waals surface area contributed by atoms with Crippen molar-refractivity contribution < 1.29 is 13.9 Å². The molecule has 2 aromatic carbocycles. The van der Waals surface area contributed by atoms with Gasteiger partial charge in [0.15, 0.2) is 0 Å². The lowest BCUT2D eigenvalue weighted by atomic mass is 10.0. The number of methoxy groups -OCH3 is 2. The number of hydrogen-bond acceptors (Lipinski definition) is 4. The lowest BCUT2D eigenvalue weighted by Crippen LogP contribution is -2.06. The molecule has 0 saturated carbocycles. The maximum Gasteiger partial charge on any atom is 0.200 e. The number of hydrogen-bond donors (Lipinski definition) is 0. The van der Waals surface area contributed by atoms with Crippen LogP contribution < -0.4 is 5.43 Å². The van der Waals surface area contributed by atoms with Crippen molar-refractivity contribution in [3.8, 4) is 0 Å². The van der Waals surface area contributed by atoms with Gasteiger partial charge >= 0.3 is 0 Å². The molecule has 0 unspecified atom stereocenters. The molecule has 0 saturated heterocycles. The van der Waals surface area contributed by atoms with Crippen molar-refractivity contribution in [1.82, 2.24) is 0 Å². The Bertz CT molecular complexity index is 848. The van der Waals surface area contributed by atoms with E-state index in [9.17, 15) is 4.79 Å². The molecule has 0 atom stereocenters. The predicted octanol–water partition coefficient (Wildman–Crippen LogP) is 3.24. The zero-order valence-corrected chi connectivity index (χ0v) is 12.0. The van der Waals surface area contributed by atoms with Crippen LogP contribution in [0.1, 0.15) is 11.1 Å². The van der Waals surface area contributed by atoms with Crippen LogP contribution in [0.25, 0.3) is 21.9 Å². The van der Waals surface area contributed by atoms with Crippen molar-refractivity contribution >= 4 is 21.9 Å². The van der Waals surface area contributed by atoms with Crippen LogP contribution in [0, 0.1) is 0 Å². The van der Waals surface area contributed by atoms with Gasteiger partial charge in [-0.2, -0.15) is 0 Å². The van der Waals surface area contributed by atoms with Gasteiger partial charge in [-0.15, -0.1) is 0 Å². The second-order valence-electron chi connectivity index (χ2n) is 4.87. The summed E-state index contributed by atoms with van der Waals surface area (Å²) >= 11 is 0. The monoisotopic (exact) mass is 284 g/mol. The van der Waals surface area contributed by atoms with Gasteiger partial charge in [-0.05, 0) is 23.8 Å². The van der Waals surface area contributed by atoms with E-state index in [1.54, 1.807) is 32.4 Å². The maximum atomic E-state index is 12.6. The average molecular weight is 284 g/mol. The maximum absolute atomic E-state index is 12.6. The molecule has 0 amide bonds. The Morgan fingerprint density at radius 1 is 0.952 bits per heavy atom. The van der Waals surface area contributed by atoms with Gasteiger partial charge in [-0.25, -0.2) is 0 Å². The van der Waals surface area contributed by atoms with Crippen molar-refractivity contribution in [3.63, 3.8) is 0 Å². The Morgan fingerprint density at radius 3 is 2.48 bits per heavy atom. The van der Waals surface area contributed by atoms with Crippen LogP contribution in [0.5, 0.6) is 0 Å². The third kappa shape index (κ3) is 2.33. The molecule has 0 spiro atoms. The zero-order chi connectivity index (χ0) is 14.8. The molecular formula is C17H16O4.